The zero-order valence-corrected chi connectivity index (χ0v) is 13.2. The van der Waals surface area contributed by atoms with Crippen molar-refractivity contribution in [1.82, 2.24) is 10.2 Å². The van der Waals surface area contributed by atoms with Crippen LogP contribution in [0.15, 0.2) is 48.5 Å². The standard InChI is InChI=1S/C17H10ClF3N2O2/c18-14-6-3-11(17(19,20)21)7-13(14)16-8-15(22-23-16)10-1-4-12(5-2-10)25-9-24/h1-9H,(H,22,23). The van der Waals surface area contributed by atoms with Gasteiger partial charge in [0.1, 0.15) is 5.75 Å². The van der Waals surface area contributed by atoms with E-state index in [1.165, 1.54) is 6.07 Å². The molecule has 0 atom stereocenters. The molecule has 0 amide bonds. The quantitative estimate of drug-likeness (QED) is 0.664. The van der Waals surface area contributed by atoms with Crippen LogP contribution in [-0.4, -0.2) is 16.7 Å². The molecule has 0 bridgehead atoms. The van der Waals surface area contributed by atoms with E-state index >= 15 is 0 Å². The lowest BCUT2D eigenvalue weighted by Gasteiger charge is -2.09. The Hall–Kier alpha value is -2.80. The van der Waals surface area contributed by atoms with Gasteiger partial charge in [-0.05, 0) is 48.5 Å². The molecule has 0 saturated carbocycles. The third kappa shape index (κ3) is 3.66. The molecule has 2 aromatic carbocycles. The molecule has 3 rings (SSSR count). The minimum absolute atomic E-state index is 0.179. The van der Waals surface area contributed by atoms with Gasteiger partial charge >= 0.3 is 6.18 Å². The van der Waals surface area contributed by atoms with Crippen molar-refractivity contribution in [2.24, 2.45) is 0 Å². The minimum atomic E-state index is -4.46. The van der Waals surface area contributed by atoms with Crippen LogP contribution in [0.2, 0.25) is 5.02 Å². The van der Waals surface area contributed by atoms with Crippen molar-refractivity contribution in [2.75, 3.05) is 0 Å². The monoisotopic (exact) mass is 366 g/mol. The summed E-state index contributed by atoms with van der Waals surface area (Å²) in [6.45, 7) is 0.317. The predicted molar refractivity (Wildman–Crippen MR) is 86.2 cm³/mol. The van der Waals surface area contributed by atoms with Crippen molar-refractivity contribution < 1.29 is 22.7 Å². The molecule has 25 heavy (non-hydrogen) atoms. The maximum absolute atomic E-state index is 12.9. The van der Waals surface area contributed by atoms with Crippen LogP contribution in [-0.2, 0) is 11.0 Å². The minimum Gasteiger partial charge on any atom is -0.429 e. The number of benzene rings is 2. The number of rotatable bonds is 4. The number of alkyl halides is 3. The van der Waals surface area contributed by atoms with Crippen LogP contribution in [0.3, 0.4) is 0 Å². The third-order valence-corrected chi connectivity index (χ3v) is 3.83. The number of aromatic amines is 1. The van der Waals surface area contributed by atoms with Crippen LogP contribution in [0.1, 0.15) is 5.56 Å². The Morgan fingerprint density at radius 2 is 1.80 bits per heavy atom. The van der Waals surface area contributed by atoms with Crippen LogP contribution < -0.4 is 4.74 Å². The highest BCUT2D eigenvalue weighted by molar-refractivity contribution is 6.33. The molecule has 128 valence electrons. The van der Waals surface area contributed by atoms with Gasteiger partial charge in [0.05, 0.1) is 17.0 Å². The van der Waals surface area contributed by atoms with Crippen molar-refractivity contribution >= 4 is 18.1 Å². The molecule has 0 aliphatic carbocycles. The molecular formula is C17H10ClF3N2O2. The van der Waals surface area contributed by atoms with E-state index in [0.717, 1.165) is 12.1 Å². The molecule has 1 aromatic heterocycles. The van der Waals surface area contributed by atoms with E-state index in [0.29, 0.717) is 29.2 Å². The second kappa shape index (κ2) is 6.60. The van der Waals surface area contributed by atoms with Gasteiger partial charge in [-0.1, -0.05) is 11.6 Å². The molecule has 0 saturated heterocycles. The van der Waals surface area contributed by atoms with Gasteiger partial charge in [0.15, 0.2) is 0 Å². The average Bonchev–Trinajstić information content (AvgIpc) is 3.05. The van der Waals surface area contributed by atoms with Gasteiger partial charge in [-0.15, -0.1) is 0 Å². The number of hydrogen-bond donors (Lipinski definition) is 1. The molecule has 0 fully saturated rings. The normalized spacial score (nSPS) is 11.4. The fourth-order valence-corrected chi connectivity index (χ4v) is 2.49. The van der Waals surface area contributed by atoms with Crippen molar-refractivity contribution in [3.8, 4) is 28.3 Å². The summed E-state index contributed by atoms with van der Waals surface area (Å²) in [7, 11) is 0. The number of carbonyl (C=O) groups excluding carboxylic acids is 1. The number of H-pyrrole nitrogens is 1. The summed E-state index contributed by atoms with van der Waals surface area (Å²) in [5.41, 5.74) is 0.985. The number of ether oxygens (including phenoxy) is 1. The van der Waals surface area contributed by atoms with Gasteiger partial charge in [0, 0.05) is 16.1 Å². The fourth-order valence-electron chi connectivity index (χ4n) is 2.28. The summed E-state index contributed by atoms with van der Waals surface area (Å²) in [4.78, 5) is 10.3. The van der Waals surface area contributed by atoms with E-state index in [-0.39, 0.29) is 10.6 Å². The summed E-state index contributed by atoms with van der Waals surface area (Å²) in [6, 6.07) is 11.2. The molecule has 0 radical (unpaired) electrons. The number of hydrogen-bond acceptors (Lipinski definition) is 3. The first-order valence-corrected chi connectivity index (χ1v) is 7.39. The van der Waals surface area contributed by atoms with Crippen molar-refractivity contribution in [2.45, 2.75) is 6.18 Å². The molecule has 0 spiro atoms. The number of carbonyl (C=O) groups is 1. The van der Waals surface area contributed by atoms with Crippen LogP contribution in [0, 0.1) is 0 Å². The Balaban J connectivity index is 1.95. The molecule has 0 aliphatic rings. The lowest BCUT2D eigenvalue weighted by molar-refractivity contribution is -0.137. The van der Waals surface area contributed by atoms with E-state index in [2.05, 4.69) is 10.2 Å². The van der Waals surface area contributed by atoms with E-state index in [1.54, 1.807) is 30.3 Å². The Kier molecular flexibility index (Phi) is 4.50. The molecular weight excluding hydrogens is 357 g/mol. The second-order valence-electron chi connectivity index (χ2n) is 5.10. The first-order valence-electron chi connectivity index (χ1n) is 7.02. The molecule has 4 nitrogen and oxygen atoms in total. The first-order chi connectivity index (χ1) is 11.9. The molecule has 1 heterocycles. The Bertz CT molecular complexity index is 905. The van der Waals surface area contributed by atoms with Crippen LogP contribution in [0.25, 0.3) is 22.5 Å². The summed E-state index contributed by atoms with van der Waals surface area (Å²) in [5.74, 6) is 0.371. The summed E-state index contributed by atoms with van der Waals surface area (Å²) in [6.07, 6.45) is -4.46. The van der Waals surface area contributed by atoms with Crippen molar-refractivity contribution in [1.29, 1.82) is 0 Å². The van der Waals surface area contributed by atoms with E-state index < -0.39 is 11.7 Å². The Morgan fingerprint density at radius 1 is 1.08 bits per heavy atom. The lowest BCUT2D eigenvalue weighted by Crippen LogP contribution is -2.04. The van der Waals surface area contributed by atoms with E-state index in [4.69, 9.17) is 16.3 Å². The van der Waals surface area contributed by atoms with Crippen LogP contribution in [0.4, 0.5) is 13.2 Å². The first kappa shape index (κ1) is 17.0. The molecule has 0 unspecified atom stereocenters. The highest BCUT2D eigenvalue weighted by Crippen LogP contribution is 2.36. The van der Waals surface area contributed by atoms with Gasteiger partial charge < -0.3 is 4.74 Å². The van der Waals surface area contributed by atoms with Gasteiger partial charge in [-0.2, -0.15) is 18.3 Å². The zero-order valence-electron chi connectivity index (χ0n) is 12.5. The highest BCUT2D eigenvalue weighted by Gasteiger charge is 2.31. The number of halogens is 4. The van der Waals surface area contributed by atoms with E-state index in [1.807, 2.05) is 0 Å². The number of nitrogens with one attached hydrogen (secondary N) is 1. The Labute approximate surface area is 145 Å². The largest absolute Gasteiger partial charge is 0.429 e. The summed E-state index contributed by atoms with van der Waals surface area (Å²) in [5, 5.41) is 6.97. The van der Waals surface area contributed by atoms with Gasteiger partial charge in [0.25, 0.3) is 6.47 Å². The second-order valence-corrected chi connectivity index (χ2v) is 5.50. The van der Waals surface area contributed by atoms with Crippen molar-refractivity contribution in [3.63, 3.8) is 0 Å². The van der Waals surface area contributed by atoms with E-state index in [9.17, 15) is 18.0 Å². The maximum Gasteiger partial charge on any atom is 0.416 e. The lowest BCUT2D eigenvalue weighted by atomic mass is 10.1. The van der Waals surface area contributed by atoms with Crippen LogP contribution >= 0.6 is 11.6 Å². The van der Waals surface area contributed by atoms with Gasteiger partial charge in [0.2, 0.25) is 0 Å². The van der Waals surface area contributed by atoms with Crippen molar-refractivity contribution in [3.05, 3.63) is 59.1 Å². The summed E-state index contributed by atoms with van der Waals surface area (Å²) >= 11 is 6.03. The SMILES string of the molecule is O=COc1ccc(-c2cc(-c3cc(C(F)(F)F)ccc3Cl)[nH]n2)cc1. The highest BCUT2D eigenvalue weighted by atomic mass is 35.5. The van der Waals surface area contributed by atoms with Crippen LogP contribution in [0.5, 0.6) is 5.75 Å². The topological polar surface area (TPSA) is 55.0 Å². The third-order valence-electron chi connectivity index (χ3n) is 3.50. The Morgan fingerprint density at radius 3 is 2.44 bits per heavy atom. The molecule has 0 aliphatic heterocycles. The molecule has 1 N–H and O–H groups in total. The predicted octanol–water partition coefficient (Wildman–Crippen LogP) is 4.95. The number of aromatic nitrogens is 2. The molecule has 8 heteroatoms. The van der Waals surface area contributed by atoms with Gasteiger partial charge in [-0.3, -0.25) is 9.89 Å². The number of nitrogens with zero attached hydrogens (tertiary/aromatic N) is 1. The fraction of sp³-hybridized carbons (Fsp3) is 0.0588. The zero-order chi connectivity index (χ0) is 18.0. The smallest absolute Gasteiger partial charge is 0.416 e. The maximum atomic E-state index is 12.9. The molecule has 3 aromatic rings. The average molecular weight is 367 g/mol. The van der Waals surface area contributed by atoms with Gasteiger partial charge in [-0.25, -0.2) is 0 Å². The summed E-state index contributed by atoms with van der Waals surface area (Å²) < 4.78 is 43.3.